The molecule has 0 aromatic heterocycles. The van der Waals surface area contributed by atoms with Crippen LogP contribution in [0, 0.1) is 5.92 Å². The summed E-state index contributed by atoms with van der Waals surface area (Å²) < 4.78 is 0. The topological polar surface area (TPSA) is 90.0 Å². The molecule has 0 bridgehead atoms. The molecule has 2 N–H and O–H groups in total. The number of anilines is 1. The van der Waals surface area contributed by atoms with Gasteiger partial charge in [-0.25, -0.2) is 0 Å². The van der Waals surface area contributed by atoms with Crippen molar-refractivity contribution in [2.24, 2.45) is 5.92 Å². The number of benzene rings is 1. The Balaban J connectivity index is 1.72. The van der Waals surface area contributed by atoms with Crippen molar-refractivity contribution in [1.29, 1.82) is 0 Å². The van der Waals surface area contributed by atoms with Gasteiger partial charge >= 0.3 is 0 Å². The molecule has 0 aliphatic carbocycles. The minimum atomic E-state index is -1.97. The smallest absolute Gasteiger partial charge is 0.276 e. The first-order valence-electron chi connectivity index (χ1n) is 10.1. The van der Waals surface area contributed by atoms with Crippen LogP contribution in [0.3, 0.4) is 0 Å². The van der Waals surface area contributed by atoms with Crippen LogP contribution in [0.4, 0.5) is 5.69 Å². The van der Waals surface area contributed by atoms with Gasteiger partial charge in [0.15, 0.2) is 0 Å². The molecule has 1 spiro atoms. The second-order valence-corrected chi connectivity index (χ2v) is 8.97. The summed E-state index contributed by atoms with van der Waals surface area (Å²) in [5, 5.41) is 14.5. The Hall–Kier alpha value is -2.41. The molecule has 148 valence electrons. The van der Waals surface area contributed by atoms with Crippen LogP contribution in [-0.4, -0.2) is 57.0 Å². The zero-order chi connectivity index (χ0) is 19.8. The number of amides is 3. The molecule has 4 heterocycles. The highest BCUT2D eigenvalue weighted by Gasteiger charge is 2.72. The van der Waals surface area contributed by atoms with E-state index in [1.807, 2.05) is 38.1 Å². The van der Waals surface area contributed by atoms with Crippen LogP contribution in [0.2, 0.25) is 0 Å². The van der Waals surface area contributed by atoms with Gasteiger partial charge in [-0.3, -0.25) is 14.4 Å². The SMILES string of the molecule is CC(C)C[C@@H]1N2C(=O)[C@@H]3CCCN3C(=O)[C@]2(O)C[C@@]12C(=O)Nc1ccccc12. The summed E-state index contributed by atoms with van der Waals surface area (Å²) in [4.78, 5) is 42.9. The Kier molecular flexibility index (Phi) is 3.51. The minimum Gasteiger partial charge on any atom is -0.363 e. The largest absolute Gasteiger partial charge is 0.363 e. The summed E-state index contributed by atoms with van der Waals surface area (Å²) in [6.45, 7) is 4.54. The van der Waals surface area contributed by atoms with Gasteiger partial charge in [0.1, 0.15) is 11.5 Å². The van der Waals surface area contributed by atoms with Gasteiger partial charge in [-0.15, -0.1) is 0 Å². The van der Waals surface area contributed by atoms with E-state index in [2.05, 4.69) is 5.32 Å². The van der Waals surface area contributed by atoms with Crippen molar-refractivity contribution in [3.8, 4) is 0 Å². The fourth-order valence-corrected chi connectivity index (χ4v) is 5.84. The molecular formula is C21H25N3O4. The number of carbonyl (C=O) groups is 3. The molecule has 0 saturated carbocycles. The van der Waals surface area contributed by atoms with Gasteiger partial charge in [-0.1, -0.05) is 32.0 Å². The maximum atomic E-state index is 13.4. The summed E-state index contributed by atoms with van der Waals surface area (Å²) in [5.41, 5.74) is -1.60. The van der Waals surface area contributed by atoms with E-state index in [0.717, 1.165) is 12.0 Å². The average Bonchev–Trinajstić information content (AvgIpc) is 3.30. The number of piperazine rings is 1. The number of hydrogen-bond donors (Lipinski definition) is 2. The van der Waals surface area contributed by atoms with E-state index in [1.54, 1.807) is 0 Å². The van der Waals surface area contributed by atoms with Crippen LogP contribution in [0.15, 0.2) is 24.3 Å². The predicted molar refractivity (Wildman–Crippen MR) is 101 cm³/mol. The molecule has 4 aliphatic heterocycles. The predicted octanol–water partition coefficient (Wildman–Crippen LogP) is 1.22. The van der Waals surface area contributed by atoms with Crippen molar-refractivity contribution < 1.29 is 19.5 Å². The van der Waals surface area contributed by atoms with Gasteiger partial charge in [0.05, 0.1) is 6.04 Å². The molecule has 3 saturated heterocycles. The third-order valence-electron chi connectivity index (χ3n) is 6.94. The Morgan fingerprint density at radius 3 is 2.75 bits per heavy atom. The molecule has 4 aliphatic rings. The minimum absolute atomic E-state index is 0.0893. The fourth-order valence-electron chi connectivity index (χ4n) is 5.84. The van der Waals surface area contributed by atoms with Crippen LogP contribution < -0.4 is 5.32 Å². The number of rotatable bonds is 2. The highest BCUT2D eigenvalue weighted by atomic mass is 16.3. The molecule has 1 aromatic rings. The molecule has 4 atom stereocenters. The van der Waals surface area contributed by atoms with E-state index >= 15 is 0 Å². The standard InChI is InChI=1S/C21H25N3O4/c1-12(2)10-16-20(13-6-3-4-7-14(13)22-18(20)26)11-21(28)19(27)23-9-5-8-15(23)17(25)24(16)21/h3-4,6-7,12,15-16,28H,5,8-11H2,1-2H3,(H,22,26)/t15-,16-,20-,21+/m0/s1. The molecule has 3 fully saturated rings. The van der Waals surface area contributed by atoms with E-state index in [-0.39, 0.29) is 24.2 Å². The molecule has 7 nitrogen and oxygen atoms in total. The van der Waals surface area contributed by atoms with Gasteiger partial charge in [0.2, 0.25) is 17.5 Å². The molecule has 28 heavy (non-hydrogen) atoms. The van der Waals surface area contributed by atoms with E-state index in [0.29, 0.717) is 25.1 Å². The number of para-hydroxylation sites is 1. The maximum Gasteiger partial charge on any atom is 0.276 e. The summed E-state index contributed by atoms with van der Waals surface area (Å²) in [6.07, 6.45) is 1.82. The summed E-state index contributed by atoms with van der Waals surface area (Å²) in [5.74, 6) is -0.700. The van der Waals surface area contributed by atoms with Crippen LogP contribution >= 0.6 is 0 Å². The number of nitrogens with zero attached hydrogens (tertiary/aromatic N) is 2. The second-order valence-electron chi connectivity index (χ2n) is 8.97. The van der Waals surface area contributed by atoms with Crippen LogP contribution in [0.1, 0.15) is 45.1 Å². The van der Waals surface area contributed by atoms with Crippen LogP contribution in [0.5, 0.6) is 0 Å². The zero-order valence-electron chi connectivity index (χ0n) is 16.1. The van der Waals surface area contributed by atoms with Crippen molar-refractivity contribution >= 4 is 23.4 Å². The molecule has 1 aromatic carbocycles. The monoisotopic (exact) mass is 383 g/mol. The Labute approximate surface area is 163 Å². The average molecular weight is 383 g/mol. The lowest BCUT2D eigenvalue weighted by Gasteiger charge is -2.46. The summed E-state index contributed by atoms with van der Waals surface area (Å²) in [7, 11) is 0. The first-order valence-corrected chi connectivity index (χ1v) is 10.1. The highest BCUT2D eigenvalue weighted by molar-refractivity contribution is 6.10. The van der Waals surface area contributed by atoms with Crippen molar-refractivity contribution in [3.63, 3.8) is 0 Å². The Bertz CT molecular complexity index is 899. The van der Waals surface area contributed by atoms with Gasteiger partial charge < -0.3 is 20.2 Å². The van der Waals surface area contributed by atoms with Crippen molar-refractivity contribution in [2.75, 3.05) is 11.9 Å². The summed E-state index contributed by atoms with van der Waals surface area (Å²) in [6, 6.07) is 6.34. The second kappa shape index (κ2) is 5.56. The lowest BCUT2D eigenvalue weighted by atomic mass is 9.71. The normalized spacial score (nSPS) is 36.2. The summed E-state index contributed by atoms with van der Waals surface area (Å²) >= 11 is 0. The first-order chi connectivity index (χ1) is 13.3. The lowest BCUT2D eigenvalue weighted by Crippen LogP contribution is -2.69. The molecule has 0 unspecified atom stereocenters. The molecule has 0 radical (unpaired) electrons. The number of aliphatic hydroxyl groups is 1. The van der Waals surface area contributed by atoms with E-state index in [9.17, 15) is 19.5 Å². The van der Waals surface area contributed by atoms with Crippen molar-refractivity contribution in [3.05, 3.63) is 29.8 Å². The Morgan fingerprint density at radius 2 is 2.00 bits per heavy atom. The van der Waals surface area contributed by atoms with Gasteiger partial charge in [-0.2, -0.15) is 0 Å². The molecule has 7 heteroatoms. The zero-order valence-corrected chi connectivity index (χ0v) is 16.1. The fraction of sp³-hybridized carbons (Fsp3) is 0.571. The van der Waals surface area contributed by atoms with E-state index in [4.69, 9.17) is 0 Å². The van der Waals surface area contributed by atoms with Gasteiger partial charge in [0.25, 0.3) is 5.91 Å². The highest BCUT2D eigenvalue weighted by Crippen LogP contribution is 2.56. The van der Waals surface area contributed by atoms with Gasteiger partial charge in [0, 0.05) is 18.7 Å². The van der Waals surface area contributed by atoms with E-state index < -0.39 is 29.1 Å². The number of hydrogen-bond acceptors (Lipinski definition) is 4. The quantitative estimate of drug-likeness (QED) is 0.804. The first kappa shape index (κ1) is 17.7. The number of carbonyl (C=O) groups excluding carboxylic acids is 3. The van der Waals surface area contributed by atoms with Crippen LogP contribution in [0.25, 0.3) is 0 Å². The number of fused-ring (bicyclic) bond motifs is 4. The van der Waals surface area contributed by atoms with Crippen LogP contribution in [-0.2, 0) is 19.8 Å². The lowest BCUT2D eigenvalue weighted by molar-refractivity contribution is -0.194. The third-order valence-corrected chi connectivity index (χ3v) is 6.94. The molecular weight excluding hydrogens is 358 g/mol. The number of nitrogens with one attached hydrogen (secondary N) is 1. The van der Waals surface area contributed by atoms with Crippen molar-refractivity contribution in [2.45, 2.75) is 62.8 Å². The van der Waals surface area contributed by atoms with Gasteiger partial charge in [-0.05, 0) is 36.8 Å². The van der Waals surface area contributed by atoms with E-state index in [1.165, 1.54) is 9.80 Å². The molecule has 3 amide bonds. The van der Waals surface area contributed by atoms with Crippen molar-refractivity contribution in [1.82, 2.24) is 9.80 Å². The molecule has 5 rings (SSSR count). The Morgan fingerprint density at radius 1 is 1.25 bits per heavy atom. The third kappa shape index (κ3) is 1.95. The maximum absolute atomic E-state index is 13.4.